The van der Waals surface area contributed by atoms with Gasteiger partial charge in [0.15, 0.2) is 0 Å². The topological polar surface area (TPSA) is 58.2 Å². The van der Waals surface area contributed by atoms with Crippen molar-refractivity contribution in [2.45, 2.75) is 20.4 Å². The predicted molar refractivity (Wildman–Crippen MR) is 132 cm³/mol. The number of aryl methyl sites for hydroxylation is 3. The zero-order valence-corrected chi connectivity index (χ0v) is 19.1. The molecular formula is C27H25N3O3. The summed E-state index contributed by atoms with van der Waals surface area (Å²) >= 11 is 0. The molecule has 5 rings (SSSR count). The first-order chi connectivity index (χ1) is 15.9. The Morgan fingerprint density at radius 1 is 0.848 bits per heavy atom. The Balaban J connectivity index is 1.93. The summed E-state index contributed by atoms with van der Waals surface area (Å²) in [5.41, 5.74) is 4.90. The molecule has 166 valence electrons. The van der Waals surface area contributed by atoms with Crippen molar-refractivity contribution in [3.05, 3.63) is 104 Å². The van der Waals surface area contributed by atoms with Gasteiger partial charge in [0.1, 0.15) is 11.3 Å². The molecule has 6 nitrogen and oxygen atoms in total. The van der Waals surface area contributed by atoms with Crippen LogP contribution in [0.25, 0.3) is 27.6 Å². The molecule has 0 aliphatic rings. The van der Waals surface area contributed by atoms with Gasteiger partial charge < -0.3 is 9.30 Å². The number of benzene rings is 3. The minimum absolute atomic E-state index is 0.311. The van der Waals surface area contributed by atoms with Crippen LogP contribution in [-0.2, 0) is 13.6 Å². The Labute approximate surface area is 190 Å². The van der Waals surface area contributed by atoms with E-state index in [0.717, 1.165) is 33.3 Å². The SMILES string of the molecule is COc1cccc(Cn2c(=O)n(-c3cccc(C)c3)c(=O)c3c2c2cc(C)ccc2n3C)c1. The minimum atomic E-state index is -0.366. The third-order valence-electron chi connectivity index (χ3n) is 6.16. The number of hydrogen-bond donors (Lipinski definition) is 0. The van der Waals surface area contributed by atoms with E-state index in [9.17, 15) is 9.59 Å². The molecule has 0 bridgehead atoms. The number of hydrogen-bond acceptors (Lipinski definition) is 3. The van der Waals surface area contributed by atoms with Gasteiger partial charge in [0.25, 0.3) is 5.56 Å². The summed E-state index contributed by atoms with van der Waals surface area (Å²) in [6, 6.07) is 21.2. The van der Waals surface area contributed by atoms with Crippen LogP contribution in [0.2, 0.25) is 0 Å². The van der Waals surface area contributed by atoms with Gasteiger partial charge in [-0.1, -0.05) is 35.9 Å². The van der Waals surface area contributed by atoms with Crippen molar-refractivity contribution in [1.82, 2.24) is 13.7 Å². The lowest BCUT2D eigenvalue weighted by atomic mass is 10.1. The van der Waals surface area contributed by atoms with Gasteiger partial charge in [-0.25, -0.2) is 9.36 Å². The van der Waals surface area contributed by atoms with E-state index in [4.69, 9.17) is 4.74 Å². The van der Waals surface area contributed by atoms with E-state index < -0.39 is 0 Å². The van der Waals surface area contributed by atoms with Gasteiger partial charge >= 0.3 is 5.69 Å². The Morgan fingerprint density at radius 2 is 1.61 bits per heavy atom. The summed E-state index contributed by atoms with van der Waals surface area (Å²) in [5.74, 6) is 0.720. The summed E-state index contributed by atoms with van der Waals surface area (Å²) in [5, 5.41) is 0.890. The van der Waals surface area contributed by atoms with E-state index in [-0.39, 0.29) is 11.2 Å². The molecule has 5 aromatic rings. The van der Waals surface area contributed by atoms with Crippen molar-refractivity contribution >= 4 is 21.9 Å². The van der Waals surface area contributed by atoms with Crippen LogP contribution in [0.1, 0.15) is 16.7 Å². The average molecular weight is 440 g/mol. The molecular weight excluding hydrogens is 414 g/mol. The minimum Gasteiger partial charge on any atom is -0.497 e. The van der Waals surface area contributed by atoms with Crippen LogP contribution in [0.3, 0.4) is 0 Å². The Morgan fingerprint density at radius 3 is 2.36 bits per heavy atom. The fourth-order valence-corrected chi connectivity index (χ4v) is 4.56. The second kappa shape index (κ2) is 7.81. The van der Waals surface area contributed by atoms with Crippen molar-refractivity contribution in [3.63, 3.8) is 0 Å². The van der Waals surface area contributed by atoms with E-state index in [1.165, 1.54) is 4.57 Å². The maximum atomic E-state index is 13.9. The lowest BCUT2D eigenvalue weighted by Crippen LogP contribution is -2.39. The molecule has 0 radical (unpaired) electrons. The smallest absolute Gasteiger partial charge is 0.336 e. The fraction of sp³-hybridized carbons (Fsp3) is 0.185. The van der Waals surface area contributed by atoms with E-state index in [2.05, 4.69) is 0 Å². The molecule has 0 atom stereocenters. The number of nitrogens with zero attached hydrogens (tertiary/aromatic N) is 3. The molecule has 0 saturated carbocycles. The van der Waals surface area contributed by atoms with Crippen molar-refractivity contribution in [2.24, 2.45) is 7.05 Å². The van der Waals surface area contributed by atoms with Crippen molar-refractivity contribution < 1.29 is 4.74 Å². The number of ether oxygens (including phenoxy) is 1. The quantitative estimate of drug-likeness (QED) is 0.419. The number of aromatic nitrogens is 3. The summed E-state index contributed by atoms with van der Waals surface area (Å²) in [4.78, 5) is 27.6. The molecule has 0 unspecified atom stereocenters. The molecule has 0 aliphatic heterocycles. The van der Waals surface area contributed by atoms with Gasteiger partial charge in [0, 0.05) is 12.4 Å². The van der Waals surface area contributed by atoms with E-state index in [1.807, 2.05) is 86.1 Å². The standard InChI is InChI=1S/C27H25N3O3/c1-17-7-5-9-20(13-17)30-26(31)25-24(22-14-18(2)11-12-23(22)28(25)3)29(27(30)32)16-19-8-6-10-21(15-19)33-4/h5-15H,16H2,1-4H3. The van der Waals surface area contributed by atoms with Gasteiger partial charge in [-0.05, 0) is 61.4 Å². The first-order valence-corrected chi connectivity index (χ1v) is 10.8. The van der Waals surface area contributed by atoms with Crippen molar-refractivity contribution in [1.29, 1.82) is 0 Å². The fourth-order valence-electron chi connectivity index (χ4n) is 4.56. The molecule has 0 aliphatic carbocycles. The van der Waals surface area contributed by atoms with Crippen LogP contribution in [-0.4, -0.2) is 20.8 Å². The van der Waals surface area contributed by atoms with Crippen LogP contribution in [0.5, 0.6) is 5.75 Å². The predicted octanol–water partition coefficient (Wildman–Crippen LogP) is 4.32. The number of rotatable bonds is 4. The van der Waals surface area contributed by atoms with Crippen LogP contribution >= 0.6 is 0 Å². The van der Waals surface area contributed by atoms with Gasteiger partial charge in [0.05, 0.1) is 30.4 Å². The van der Waals surface area contributed by atoms with E-state index in [1.54, 1.807) is 17.7 Å². The van der Waals surface area contributed by atoms with Gasteiger partial charge in [0.2, 0.25) is 0 Å². The molecule has 2 aromatic heterocycles. The maximum absolute atomic E-state index is 13.9. The second-order valence-corrected chi connectivity index (χ2v) is 8.48. The van der Waals surface area contributed by atoms with Crippen molar-refractivity contribution in [3.8, 4) is 11.4 Å². The molecule has 0 spiro atoms. The summed E-state index contributed by atoms with van der Waals surface area (Å²) in [6.45, 7) is 4.27. The van der Waals surface area contributed by atoms with Gasteiger partial charge in [-0.15, -0.1) is 0 Å². The molecule has 0 amide bonds. The number of fused-ring (bicyclic) bond motifs is 3. The largest absolute Gasteiger partial charge is 0.497 e. The second-order valence-electron chi connectivity index (χ2n) is 8.48. The third kappa shape index (κ3) is 3.35. The van der Waals surface area contributed by atoms with Gasteiger partial charge in [-0.2, -0.15) is 0 Å². The summed E-state index contributed by atoms with van der Waals surface area (Å²) in [6.07, 6.45) is 0. The first kappa shape index (κ1) is 20.8. The molecule has 3 aromatic carbocycles. The summed E-state index contributed by atoms with van der Waals surface area (Å²) in [7, 11) is 3.50. The van der Waals surface area contributed by atoms with Crippen LogP contribution in [0.15, 0.2) is 76.3 Å². The summed E-state index contributed by atoms with van der Waals surface area (Å²) < 4.78 is 10.3. The van der Waals surface area contributed by atoms with Crippen molar-refractivity contribution in [2.75, 3.05) is 7.11 Å². The monoisotopic (exact) mass is 439 g/mol. The molecule has 6 heteroatoms. The Kier molecular flexibility index (Phi) is 4.93. The maximum Gasteiger partial charge on any atom is 0.336 e. The molecule has 0 fully saturated rings. The molecule has 33 heavy (non-hydrogen) atoms. The van der Waals surface area contributed by atoms with Crippen LogP contribution in [0.4, 0.5) is 0 Å². The molecule has 0 N–H and O–H groups in total. The van der Waals surface area contributed by atoms with Crippen LogP contribution in [0, 0.1) is 13.8 Å². The Hall–Kier alpha value is -4.06. The van der Waals surface area contributed by atoms with Crippen LogP contribution < -0.4 is 16.0 Å². The first-order valence-electron chi connectivity index (χ1n) is 10.8. The molecule has 0 saturated heterocycles. The van der Waals surface area contributed by atoms with E-state index in [0.29, 0.717) is 23.3 Å². The highest BCUT2D eigenvalue weighted by Gasteiger charge is 2.21. The van der Waals surface area contributed by atoms with Gasteiger partial charge in [-0.3, -0.25) is 9.36 Å². The third-order valence-corrected chi connectivity index (χ3v) is 6.16. The Bertz CT molecular complexity index is 1650. The highest BCUT2D eigenvalue weighted by atomic mass is 16.5. The average Bonchev–Trinajstić information content (AvgIpc) is 3.08. The zero-order chi connectivity index (χ0) is 23.3. The zero-order valence-electron chi connectivity index (χ0n) is 19.1. The normalized spacial score (nSPS) is 11.4. The highest BCUT2D eigenvalue weighted by Crippen LogP contribution is 2.27. The van der Waals surface area contributed by atoms with E-state index >= 15 is 0 Å². The lowest BCUT2D eigenvalue weighted by Gasteiger charge is -2.14. The number of methoxy groups -OCH3 is 1. The molecule has 2 heterocycles. The highest BCUT2D eigenvalue weighted by molar-refractivity contribution is 6.06. The lowest BCUT2D eigenvalue weighted by molar-refractivity contribution is 0.414.